The molecule has 0 saturated carbocycles. The Balaban J connectivity index is 2.59. The Labute approximate surface area is 234 Å². The second-order valence-electron chi connectivity index (χ2n) is 8.71. The van der Waals surface area contributed by atoms with Crippen molar-refractivity contribution in [3.05, 3.63) is 47.2 Å². The SMILES string of the molecule is CCOC(=O)c1cccc(C2(NC(=O)/C(=C/CCCl)N(C)C(C)Cl)CCCN(S(=O)(=O)NC(=O)NC)C2)c1. The van der Waals surface area contributed by atoms with Gasteiger partial charge in [-0.1, -0.05) is 29.8 Å². The molecule has 1 saturated heterocycles. The van der Waals surface area contributed by atoms with Crippen LogP contribution in [0.4, 0.5) is 4.79 Å². The van der Waals surface area contributed by atoms with Gasteiger partial charge in [0, 0.05) is 33.1 Å². The minimum atomic E-state index is -4.24. The molecule has 3 N–H and O–H groups in total. The Hall–Kier alpha value is -2.54. The largest absolute Gasteiger partial charge is 0.462 e. The quantitative estimate of drug-likeness (QED) is 0.155. The monoisotopic (exact) mass is 591 g/mol. The Kier molecular flexibility index (Phi) is 11.7. The standard InChI is InChI=1S/C24H35Cl2N5O6S/c1-5-37-22(33)18-9-6-10-19(15-18)24(28-21(32)20(11-7-13-25)30(4)17(2)26)12-8-14-31(16-24)38(35,36)29-23(34)27-3/h6,9-11,15,17H,5,7-8,12-14,16H2,1-4H3,(H,28,32)(H2,27,29,34)/b20-11-. The molecular formula is C24H35Cl2N5O6S. The fourth-order valence-corrected chi connectivity index (χ4v) is 5.52. The fraction of sp³-hybridized carbons (Fsp3) is 0.542. The van der Waals surface area contributed by atoms with Crippen molar-refractivity contribution in [3.8, 4) is 0 Å². The Morgan fingerprint density at radius 1 is 1.32 bits per heavy atom. The van der Waals surface area contributed by atoms with Crippen molar-refractivity contribution in [2.75, 3.05) is 39.7 Å². The van der Waals surface area contributed by atoms with Gasteiger partial charge in [-0.2, -0.15) is 12.7 Å². The Morgan fingerprint density at radius 3 is 2.63 bits per heavy atom. The van der Waals surface area contributed by atoms with Gasteiger partial charge in [-0.25, -0.2) is 14.3 Å². The van der Waals surface area contributed by atoms with Crippen LogP contribution in [0.2, 0.25) is 0 Å². The summed E-state index contributed by atoms with van der Waals surface area (Å²) in [5.41, 5.74) is -0.741. The number of esters is 1. The van der Waals surface area contributed by atoms with Gasteiger partial charge in [-0.3, -0.25) is 4.79 Å². The number of benzene rings is 1. The molecule has 14 heteroatoms. The van der Waals surface area contributed by atoms with E-state index in [4.69, 9.17) is 27.9 Å². The van der Waals surface area contributed by atoms with E-state index in [0.717, 1.165) is 4.31 Å². The van der Waals surface area contributed by atoms with E-state index in [9.17, 15) is 22.8 Å². The summed E-state index contributed by atoms with van der Waals surface area (Å²) in [7, 11) is -1.28. The smallest absolute Gasteiger partial charge is 0.338 e. The molecule has 1 heterocycles. The molecule has 1 aliphatic rings. The normalized spacial score (nSPS) is 19.3. The summed E-state index contributed by atoms with van der Waals surface area (Å²) in [6.07, 6.45) is 2.79. The molecule has 0 bridgehead atoms. The Bertz CT molecular complexity index is 1150. The third-order valence-electron chi connectivity index (χ3n) is 6.12. The summed E-state index contributed by atoms with van der Waals surface area (Å²) in [6, 6.07) is 5.62. The number of nitrogens with zero attached hydrogens (tertiary/aromatic N) is 2. The molecule has 0 aliphatic carbocycles. The van der Waals surface area contributed by atoms with Crippen molar-refractivity contribution in [3.63, 3.8) is 0 Å². The van der Waals surface area contributed by atoms with Gasteiger partial charge in [-0.05, 0) is 50.8 Å². The molecule has 1 aromatic rings. The lowest BCUT2D eigenvalue weighted by Gasteiger charge is -2.43. The first-order valence-corrected chi connectivity index (χ1v) is 14.5. The number of urea groups is 1. The molecule has 2 rings (SSSR count). The molecule has 1 aliphatic heterocycles. The highest BCUT2D eigenvalue weighted by Gasteiger charge is 2.43. The van der Waals surface area contributed by atoms with E-state index in [2.05, 4.69) is 10.6 Å². The number of piperidine rings is 1. The topological polar surface area (TPSA) is 137 Å². The van der Waals surface area contributed by atoms with Gasteiger partial charge in [-0.15, -0.1) is 11.6 Å². The first-order chi connectivity index (χ1) is 17.9. The number of carbonyl (C=O) groups excluding carboxylic acids is 3. The van der Waals surface area contributed by atoms with Gasteiger partial charge in [0.1, 0.15) is 5.50 Å². The van der Waals surface area contributed by atoms with E-state index < -0.39 is 39.2 Å². The van der Waals surface area contributed by atoms with Crippen molar-refractivity contribution in [1.82, 2.24) is 24.6 Å². The number of hydrogen-bond donors (Lipinski definition) is 3. The van der Waals surface area contributed by atoms with Crippen LogP contribution in [-0.4, -0.2) is 80.7 Å². The average Bonchev–Trinajstić information content (AvgIpc) is 2.88. The molecule has 38 heavy (non-hydrogen) atoms. The van der Waals surface area contributed by atoms with E-state index in [0.29, 0.717) is 24.8 Å². The maximum Gasteiger partial charge on any atom is 0.338 e. The molecule has 0 radical (unpaired) electrons. The number of amides is 3. The third-order valence-corrected chi connectivity index (χ3v) is 8.06. The maximum atomic E-state index is 13.7. The molecular weight excluding hydrogens is 557 g/mol. The highest BCUT2D eigenvalue weighted by Crippen LogP contribution is 2.34. The van der Waals surface area contributed by atoms with Crippen molar-refractivity contribution in [1.29, 1.82) is 0 Å². The number of rotatable bonds is 11. The van der Waals surface area contributed by atoms with Crippen LogP contribution in [0.15, 0.2) is 36.0 Å². The molecule has 0 aromatic heterocycles. The molecule has 1 fully saturated rings. The molecule has 11 nitrogen and oxygen atoms in total. The van der Waals surface area contributed by atoms with Gasteiger partial charge < -0.3 is 20.3 Å². The third kappa shape index (κ3) is 7.98. The minimum absolute atomic E-state index is 0.120. The first-order valence-electron chi connectivity index (χ1n) is 12.1. The van der Waals surface area contributed by atoms with Crippen LogP contribution in [0.25, 0.3) is 0 Å². The van der Waals surface area contributed by atoms with Crippen molar-refractivity contribution < 1.29 is 27.5 Å². The summed E-state index contributed by atoms with van der Waals surface area (Å²) in [4.78, 5) is 39.5. The summed E-state index contributed by atoms with van der Waals surface area (Å²) in [5, 5.41) is 5.24. The molecule has 3 amide bonds. The van der Waals surface area contributed by atoms with Gasteiger partial charge in [0.15, 0.2) is 0 Å². The van der Waals surface area contributed by atoms with Crippen molar-refractivity contribution in [2.45, 2.75) is 44.1 Å². The number of likely N-dealkylation sites (N-methyl/N-ethyl adjacent to an activating group) is 1. The number of hydrogen-bond acceptors (Lipinski definition) is 7. The van der Waals surface area contributed by atoms with Crippen LogP contribution in [-0.2, 0) is 25.3 Å². The summed E-state index contributed by atoms with van der Waals surface area (Å²) >= 11 is 12.1. The zero-order chi connectivity index (χ0) is 28.5. The number of nitrogens with one attached hydrogen (secondary N) is 3. The van der Waals surface area contributed by atoms with Gasteiger partial charge in [0.05, 0.1) is 23.4 Å². The van der Waals surface area contributed by atoms with Crippen molar-refractivity contribution in [2.24, 2.45) is 0 Å². The predicted octanol–water partition coefficient (Wildman–Crippen LogP) is 2.47. The fourth-order valence-electron chi connectivity index (χ4n) is 4.08. The van der Waals surface area contributed by atoms with E-state index in [-0.39, 0.29) is 36.8 Å². The maximum absolute atomic E-state index is 13.7. The second kappa shape index (κ2) is 14.0. The van der Waals surface area contributed by atoms with Crippen LogP contribution in [0.5, 0.6) is 0 Å². The molecule has 0 spiro atoms. The number of carbonyl (C=O) groups is 3. The highest BCUT2D eigenvalue weighted by molar-refractivity contribution is 7.87. The lowest BCUT2D eigenvalue weighted by Crippen LogP contribution is -2.60. The number of ether oxygens (including phenoxy) is 1. The highest BCUT2D eigenvalue weighted by atomic mass is 35.5. The van der Waals surface area contributed by atoms with E-state index in [1.54, 1.807) is 56.1 Å². The van der Waals surface area contributed by atoms with E-state index >= 15 is 0 Å². The predicted molar refractivity (Wildman–Crippen MR) is 146 cm³/mol. The van der Waals surface area contributed by atoms with E-state index in [1.165, 1.54) is 7.05 Å². The average molecular weight is 593 g/mol. The number of alkyl halides is 2. The van der Waals surface area contributed by atoms with Crippen molar-refractivity contribution >= 4 is 51.3 Å². The zero-order valence-electron chi connectivity index (χ0n) is 21.9. The molecule has 2 unspecified atom stereocenters. The molecule has 212 valence electrons. The van der Waals surface area contributed by atoms with Gasteiger partial charge in [0.25, 0.3) is 5.91 Å². The number of halogens is 2. The van der Waals surface area contributed by atoms with Gasteiger partial charge >= 0.3 is 22.2 Å². The van der Waals surface area contributed by atoms with E-state index in [1.807, 2.05) is 4.72 Å². The zero-order valence-corrected chi connectivity index (χ0v) is 24.3. The lowest BCUT2D eigenvalue weighted by molar-refractivity contribution is -0.121. The van der Waals surface area contributed by atoms with Crippen LogP contribution in [0.3, 0.4) is 0 Å². The molecule has 1 aromatic carbocycles. The van der Waals surface area contributed by atoms with Crippen LogP contribution >= 0.6 is 23.2 Å². The van der Waals surface area contributed by atoms with Crippen LogP contribution < -0.4 is 15.4 Å². The van der Waals surface area contributed by atoms with Gasteiger partial charge in [0.2, 0.25) is 0 Å². The summed E-state index contributed by atoms with van der Waals surface area (Å²) in [5.74, 6) is -0.758. The minimum Gasteiger partial charge on any atom is -0.462 e. The lowest BCUT2D eigenvalue weighted by atomic mass is 9.82. The summed E-state index contributed by atoms with van der Waals surface area (Å²) < 4.78 is 34.2. The Morgan fingerprint density at radius 2 is 2.03 bits per heavy atom. The van der Waals surface area contributed by atoms with Crippen LogP contribution in [0.1, 0.15) is 49.0 Å². The molecule has 2 atom stereocenters. The first kappa shape index (κ1) is 31.7. The summed E-state index contributed by atoms with van der Waals surface area (Å²) in [6.45, 7) is 3.51. The second-order valence-corrected chi connectivity index (χ2v) is 11.4. The number of allylic oxidation sites excluding steroid dienone is 1. The van der Waals surface area contributed by atoms with Crippen LogP contribution in [0, 0.1) is 0 Å².